The zero-order valence-electron chi connectivity index (χ0n) is 9.77. The number of aliphatic hydroxyl groups is 1. The lowest BCUT2D eigenvalue weighted by Gasteiger charge is -2.21. The third-order valence-electron chi connectivity index (χ3n) is 2.41. The molecule has 2 unspecified atom stereocenters. The molecule has 0 spiro atoms. The lowest BCUT2D eigenvalue weighted by atomic mass is 10.2. The van der Waals surface area contributed by atoms with Gasteiger partial charge in [0.25, 0.3) is 5.91 Å². The van der Waals surface area contributed by atoms with Gasteiger partial charge in [0, 0.05) is 17.4 Å². The minimum absolute atomic E-state index is 0.00603. The Morgan fingerprint density at radius 2 is 2.29 bits per heavy atom. The number of amides is 1. The predicted octanol–water partition coefficient (Wildman–Crippen LogP) is 0.217. The molecule has 0 aliphatic rings. The van der Waals surface area contributed by atoms with Gasteiger partial charge in [-0.25, -0.2) is 0 Å². The third-order valence-corrected chi connectivity index (χ3v) is 3.57. The molecule has 3 N–H and O–H groups in total. The number of hydrogen-bond donors (Lipinski definition) is 3. The van der Waals surface area contributed by atoms with E-state index in [1.54, 1.807) is 0 Å². The number of carbonyl (C=O) groups is 1. The molecule has 0 radical (unpaired) electrons. The van der Waals surface area contributed by atoms with Gasteiger partial charge in [0.05, 0.1) is 6.61 Å². The highest BCUT2D eigenvalue weighted by molar-refractivity contribution is 7.99. The van der Waals surface area contributed by atoms with Crippen molar-refractivity contribution in [3.05, 3.63) is 34.2 Å². The Bertz CT molecular complexity index is 429. The number of thioether (sulfide) groups is 1. The number of aliphatic hydroxyl groups excluding tert-OH is 1. The molecule has 0 aliphatic heterocycles. The van der Waals surface area contributed by atoms with E-state index in [1.807, 2.05) is 13.2 Å². The maximum Gasteiger partial charge on any atom is 0.268 e. The van der Waals surface area contributed by atoms with E-state index < -0.39 is 0 Å². The fourth-order valence-electron chi connectivity index (χ4n) is 1.39. The van der Waals surface area contributed by atoms with Crippen molar-refractivity contribution in [3.8, 4) is 0 Å². The van der Waals surface area contributed by atoms with Crippen molar-refractivity contribution in [1.82, 2.24) is 10.3 Å². The average molecular weight is 256 g/mol. The Kier molecular flexibility index (Phi) is 5.24. The number of H-pyrrole nitrogens is 1. The zero-order chi connectivity index (χ0) is 12.8. The van der Waals surface area contributed by atoms with E-state index in [0.29, 0.717) is 0 Å². The summed E-state index contributed by atoms with van der Waals surface area (Å²) < 4.78 is 0. The number of carbonyl (C=O) groups excluding carboxylic acids is 1. The Morgan fingerprint density at radius 1 is 1.59 bits per heavy atom. The fourth-order valence-corrected chi connectivity index (χ4v) is 2.02. The first-order chi connectivity index (χ1) is 8.08. The van der Waals surface area contributed by atoms with Crippen LogP contribution in [0.4, 0.5) is 0 Å². The molecule has 5 nitrogen and oxygen atoms in total. The number of nitrogens with one attached hydrogen (secondary N) is 2. The van der Waals surface area contributed by atoms with Crippen LogP contribution in [0.5, 0.6) is 0 Å². The smallest absolute Gasteiger partial charge is 0.268 e. The van der Waals surface area contributed by atoms with Gasteiger partial charge in [-0.3, -0.25) is 9.59 Å². The summed E-state index contributed by atoms with van der Waals surface area (Å²) >= 11 is 1.48. The molecule has 0 fully saturated rings. The van der Waals surface area contributed by atoms with E-state index in [1.165, 1.54) is 30.0 Å². The molecule has 17 heavy (non-hydrogen) atoms. The van der Waals surface area contributed by atoms with Crippen molar-refractivity contribution in [2.75, 3.05) is 12.9 Å². The Balaban J connectivity index is 2.69. The largest absolute Gasteiger partial charge is 0.395 e. The van der Waals surface area contributed by atoms with Crippen molar-refractivity contribution in [2.45, 2.75) is 18.2 Å². The van der Waals surface area contributed by atoms with Gasteiger partial charge in [-0.15, -0.1) is 0 Å². The fraction of sp³-hybridized carbons (Fsp3) is 0.455. The van der Waals surface area contributed by atoms with Gasteiger partial charge < -0.3 is 15.4 Å². The highest BCUT2D eigenvalue weighted by atomic mass is 32.2. The van der Waals surface area contributed by atoms with Gasteiger partial charge in [-0.2, -0.15) is 11.8 Å². The molecule has 1 amide bonds. The highest BCUT2D eigenvalue weighted by Gasteiger charge is 2.18. The summed E-state index contributed by atoms with van der Waals surface area (Å²) in [5, 5.41) is 11.8. The SMILES string of the molecule is CSC(CO)C(C)NC(=O)c1cccc(=O)[nH]1. The van der Waals surface area contributed by atoms with E-state index in [9.17, 15) is 9.59 Å². The maximum atomic E-state index is 11.8. The lowest BCUT2D eigenvalue weighted by Crippen LogP contribution is -2.41. The number of hydrogen-bond acceptors (Lipinski definition) is 4. The maximum absolute atomic E-state index is 11.8. The van der Waals surface area contributed by atoms with Crippen molar-refractivity contribution in [1.29, 1.82) is 0 Å². The van der Waals surface area contributed by atoms with Gasteiger partial charge in [0.1, 0.15) is 5.69 Å². The topological polar surface area (TPSA) is 82.2 Å². The zero-order valence-corrected chi connectivity index (χ0v) is 10.6. The van der Waals surface area contributed by atoms with Crippen molar-refractivity contribution < 1.29 is 9.90 Å². The van der Waals surface area contributed by atoms with E-state index >= 15 is 0 Å². The first-order valence-electron chi connectivity index (χ1n) is 5.22. The molecule has 6 heteroatoms. The summed E-state index contributed by atoms with van der Waals surface area (Å²) in [7, 11) is 0. The Morgan fingerprint density at radius 3 is 2.82 bits per heavy atom. The van der Waals surface area contributed by atoms with Crippen LogP contribution in [0.1, 0.15) is 17.4 Å². The van der Waals surface area contributed by atoms with Gasteiger partial charge in [-0.05, 0) is 19.2 Å². The minimum atomic E-state index is -0.345. The summed E-state index contributed by atoms with van der Waals surface area (Å²) in [6.45, 7) is 1.81. The van der Waals surface area contributed by atoms with Gasteiger partial charge in [0.15, 0.2) is 0 Å². The second-order valence-corrected chi connectivity index (χ2v) is 4.72. The lowest BCUT2D eigenvalue weighted by molar-refractivity contribution is 0.0930. The van der Waals surface area contributed by atoms with Crippen molar-refractivity contribution in [3.63, 3.8) is 0 Å². The number of pyridine rings is 1. The van der Waals surface area contributed by atoms with E-state index in [0.717, 1.165) is 0 Å². The highest BCUT2D eigenvalue weighted by Crippen LogP contribution is 2.10. The predicted molar refractivity (Wildman–Crippen MR) is 68.4 cm³/mol. The third kappa shape index (κ3) is 3.90. The molecule has 1 aromatic rings. The monoisotopic (exact) mass is 256 g/mol. The number of aromatic nitrogens is 1. The van der Waals surface area contributed by atoms with Crippen LogP contribution in [0, 0.1) is 0 Å². The first-order valence-corrected chi connectivity index (χ1v) is 6.51. The van der Waals surface area contributed by atoms with Crippen LogP contribution < -0.4 is 10.9 Å². The summed E-state index contributed by atoms with van der Waals surface area (Å²) in [6, 6.07) is 4.23. The van der Waals surface area contributed by atoms with Crippen LogP contribution in [-0.4, -0.2) is 40.2 Å². The van der Waals surface area contributed by atoms with Crippen LogP contribution in [0.25, 0.3) is 0 Å². The normalized spacial score (nSPS) is 14.1. The van der Waals surface area contributed by atoms with E-state index in [4.69, 9.17) is 5.11 Å². The van der Waals surface area contributed by atoms with Crippen LogP contribution in [0.15, 0.2) is 23.0 Å². The molecule has 0 saturated carbocycles. The molecule has 1 heterocycles. The molecular weight excluding hydrogens is 240 g/mol. The number of aromatic amines is 1. The summed E-state index contributed by atoms with van der Waals surface area (Å²) in [5.41, 5.74) is -0.0870. The van der Waals surface area contributed by atoms with Gasteiger partial charge >= 0.3 is 0 Å². The van der Waals surface area contributed by atoms with E-state index in [2.05, 4.69) is 10.3 Å². The van der Waals surface area contributed by atoms with Gasteiger partial charge in [-0.1, -0.05) is 6.07 Å². The summed E-state index contributed by atoms with van der Waals surface area (Å²) in [5.74, 6) is -0.345. The standard InChI is InChI=1S/C11H16N2O3S/c1-7(9(6-14)17-2)12-11(16)8-4-3-5-10(15)13-8/h3-5,7,9,14H,6H2,1-2H3,(H,12,16)(H,13,15). The molecule has 2 atom stereocenters. The Labute approximate surface area is 104 Å². The van der Waals surface area contributed by atoms with Gasteiger partial charge in [0.2, 0.25) is 5.56 Å². The Hall–Kier alpha value is -1.27. The summed E-state index contributed by atoms with van der Waals surface area (Å²) in [6.07, 6.45) is 1.87. The van der Waals surface area contributed by atoms with Crippen molar-refractivity contribution in [2.24, 2.45) is 0 Å². The molecular formula is C11H16N2O3S. The second-order valence-electron chi connectivity index (χ2n) is 3.65. The summed E-state index contributed by atoms with van der Waals surface area (Å²) in [4.78, 5) is 25.3. The minimum Gasteiger partial charge on any atom is -0.395 e. The first kappa shape index (κ1) is 13.8. The molecule has 0 aromatic carbocycles. The van der Waals surface area contributed by atoms with Crippen LogP contribution in [0.2, 0.25) is 0 Å². The van der Waals surface area contributed by atoms with E-state index in [-0.39, 0.29) is 35.1 Å². The van der Waals surface area contributed by atoms with Crippen LogP contribution in [-0.2, 0) is 0 Å². The molecule has 94 valence electrons. The average Bonchev–Trinajstić information content (AvgIpc) is 2.30. The molecule has 1 rings (SSSR count). The van der Waals surface area contributed by atoms with Crippen LogP contribution in [0.3, 0.4) is 0 Å². The second kappa shape index (κ2) is 6.46. The molecule has 0 bridgehead atoms. The quantitative estimate of drug-likeness (QED) is 0.703. The number of rotatable bonds is 5. The van der Waals surface area contributed by atoms with Crippen molar-refractivity contribution >= 4 is 17.7 Å². The molecule has 0 saturated heterocycles. The molecule has 1 aromatic heterocycles. The van der Waals surface area contributed by atoms with Crippen LogP contribution >= 0.6 is 11.8 Å². The molecule has 0 aliphatic carbocycles.